The Morgan fingerprint density at radius 2 is 1.88 bits per heavy atom. The van der Waals surface area contributed by atoms with Crippen molar-refractivity contribution >= 4 is 33.5 Å². The summed E-state index contributed by atoms with van der Waals surface area (Å²) in [4.78, 5) is 24.7. The van der Waals surface area contributed by atoms with Gasteiger partial charge in [-0.05, 0) is 31.2 Å². The molecule has 1 aliphatic rings. The Morgan fingerprint density at radius 1 is 1.12 bits per heavy atom. The second-order valence-corrected chi connectivity index (χ2v) is 8.34. The van der Waals surface area contributed by atoms with Gasteiger partial charge in [0.2, 0.25) is 5.95 Å². The number of nitrogens with zero attached hydrogens (tertiary/aromatic N) is 4. The number of imidazole rings is 1. The van der Waals surface area contributed by atoms with E-state index in [1.54, 1.807) is 6.20 Å². The fraction of sp³-hybridized carbons (Fsp3) is 0.320. The molecule has 1 fully saturated rings. The van der Waals surface area contributed by atoms with Gasteiger partial charge in [0.1, 0.15) is 5.69 Å². The molecule has 7 heteroatoms. The van der Waals surface area contributed by atoms with Crippen LogP contribution in [0, 0.1) is 0 Å². The van der Waals surface area contributed by atoms with Gasteiger partial charge in [-0.15, -0.1) is 0 Å². The molecule has 2 aromatic heterocycles. The predicted molar refractivity (Wildman–Crippen MR) is 128 cm³/mol. The first kappa shape index (κ1) is 20.5. The number of nitrogens with one attached hydrogen (secondary N) is 1. The van der Waals surface area contributed by atoms with E-state index in [4.69, 9.17) is 10.7 Å². The molecule has 1 atom stereocenters. The Kier molecular flexibility index (Phi) is 5.49. The molecule has 1 aliphatic heterocycles. The Hall–Kier alpha value is -3.45. The summed E-state index contributed by atoms with van der Waals surface area (Å²) in [7, 11) is 0. The minimum atomic E-state index is -0.147. The van der Waals surface area contributed by atoms with E-state index < -0.39 is 0 Å². The highest BCUT2D eigenvalue weighted by Gasteiger charge is 2.24. The molecule has 1 saturated heterocycles. The summed E-state index contributed by atoms with van der Waals surface area (Å²) in [5.74, 6) is 0.674. The number of rotatable bonds is 5. The van der Waals surface area contributed by atoms with Gasteiger partial charge in [-0.25, -0.2) is 4.98 Å². The molecule has 0 radical (unpaired) electrons. The predicted octanol–water partition coefficient (Wildman–Crippen LogP) is 3.46. The van der Waals surface area contributed by atoms with Gasteiger partial charge < -0.3 is 20.5 Å². The minimum absolute atomic E-state index is 0.147. The maximum atomic E-state index is 13.1. The Bertz CT molecular complexity index is 1280. The van der Waals surface area contributed by atoms with Gasteiger partial charge in [-0.2, -0.15) is 0 Å². The summed E-state index contributed by atoms with van der Waals surface area (Å²) in [5, 5.41) is 6.38. The normalized spacial score (nSPS) is 16.6. The number of nitrogens with two attached hydrogens (primary N) is 1. The van der Waals surface area contributed by atoms with Gasteiger partial charge in [-0.3, -0.25) is 9.78 Å². The van der Waals surface area contributed by atoms with Crippen molar-refractivity contribution in [2.45, 2.75) is 38.9 Å². The van der Waals surface area contributed by atoms with Crippen LogP contribution in [0.3, 0.4) is 0 Å². The van der Waals surface area contributed by atoms with Crippen LogP contribution in [0.5, 0.6) is 0 Å². The van der Waals surface area contributed by atoms with E-state index in [0.29, 0.717) is 18.8 Å². The number of anilines is 1. The van der Waals surface area contributed by atoms with Crippen LogP contribution >= 0.6 is 0 Å². The van der Waals surface area contributed by atoms with Crippen molar-refractivity contribution in [3.63, 3.8) is 0 Å². The first-order valence-electron chi connectivity index (χ1n) is 11.3. The number of pyridine rings is 1. The quantitative estimate of drug-likeness (QED) is 0.475. The summed E-state index contributed by atoms with van der Waals surface area (Å²) >= 11 is 0. The average molecular weight is 429 g/mol. The van der Waals surface area contributed by atoms with Crippen LogP contribution in [0.4, 0.5) is 5.95 Å². The average Bonchev–Trinajstić information content (AvgIpc) is 3.27. The van der Waals surface area contributed by atoms with Crippen LogP contribution in [-0.2, 0) is 13.1 Å². The smallest absolute Gasteiger partial charge is 0.269 e. The van der Waals surface area contributed by atoms with Crippen LogP contribution < -0.4 is 16.0 Å². The van der Waals surface area contributed by atoms with Gasteiger partial charge in [0.05, 0.1) is 24.0 Å². The van der Waals surface area contributed by atoms with Gasteiger partial charge in [0.15, 0.2) is 0 Å². The summed E-state index contributed by atoms with van der Waals surface area (Å²) in [6.07, 6.45) is 3.74. The summed E-state index contributed by atoms with van der Waals surface area (Å²) < 4.78 is 1.97. The zero-order chi connectivity index (χ0) is 22.1. The van der Waals surface area contributed by atoms with Crippen LogP contribution in [0.25, 0.3) is 21.7 Å². The number of fused-ring (bicyclic) bond motifs is 3. The molecule has 164 valence electrons. The Morgan fingerprint density at radius 3 is 2.66 bits per heavy atom. The number of carbonyl (C=O) groups is 1. The van der Waals surface area contributed by atoms with E-state index in [1.165, 1.54) is 0 Å². The third-order valence-corrected chi connectivity index (χ3v) is 6.23. The molecule has 0 bridgehead atoms. The Labute approximate surface area is 187 Å². The largest absolute Gasteiger partial charge is 0.345 e. The van der Waals surface area contributed by atoms with E-state index in [1.807, 2.05) is 41.8 Å². The lowest BCUT2D eigenvalue weighted by Crippen LogP contribution is -2.44. The molecule has 5 rings (SSSR count). The molecule has 2 aromatic carbocycles. The highest BCUT2D eigenvalue weighted by Crippen LogP contribution is 2.26. The van der Waals surface area contributed by atoms with Crippen molar-refractivity contribution in [2.75, 3.05) is 18.0 Å². The Balaban J connectivity index is 1.41. The van der Waals surface area contributed by atoms with Gasteiger partial charge in [0.25, 0.3) is 5.91 Å². The number of piperidine rings is 1. The lowest BCUT2D eigenvalue weighted by atomic mass is 10.0. The van der Waals surface area contributed by atoms with Crippen LogP contribution in [-0.4, -0.2) is 39.6 Å². The monoisotopic (exact) mass is 428 g/mol. The first-order chi connectivity index (χ1) is 15.7. The van der Waals surface area contributed by atoms with E-state index in [0.717, 1.165) is 59.2 Å². The minimum Gasteiger partial charge on any atom is -0.345 e. The van der Waals surface area contributed by atoms with E-state index >= 15 is 0 Å². The number of para-hydroxylation sites is 1. The zero-order valence-electron chi connectivity index (χ0n) is 18.3. The highest BCUT2D eigenvalue weighted by atomic mass is 16.2. The van der Waals surface area contributed by atoms with Gasteiger partial charge in [-0.1, -0.05) is 42.5 Å². The highest BCUT2D eigenvalue weighted by molar-refractivity contribution is 6.06. The second kappa shape index (κ2) is 8.59. The number of carbonyl (C=O) groups excluding carboxylic acids is 1. The van der Waals surface area contributed by atoms with Crippen molar-refractivity contribution in [2.24, 2.45) is 5.73 Å². The topological polar surface area (TPSA) is 89.1 Å². The third kappa shape index (κ3) is 3.69. The fourth-order valence-corrected chi connectivity index (χ4v) is 4.67. The number of benzene rings is 2. The number of aromatic nitrogens is 3. The van der Waals surface area contributed by atoms with Gasteiger partial charge >= 0.3 is 0 Å². The maximum absolute atomic E-state index is 13.1. The van der Waals surface area contributed by atoms with Crippen molar-refractivity contribution < 1.29 is 4.79 Å². The van der Waals surface area contributed by atoms with Crippen molar-refractivity contribution in [3.8, 4) is 0 Å². The summed E-state index contributed by atoms with van der Waals surface area (Å²) in [5.41, 5.74) is 8.50. The van der Waals surface area contributed by atoms with Gasteiger partial charge in [0, 0.05) is 36.4 Å². The molecule has 7 nitrogen and oxygen atoms in total. The summed E-state index contributed by atoms with van der Waals surface area (Å²) in [6, 6.07) is 16.5. The number of amides is 1. The first-order valence-corrected chi connectivity index (χ1v) is 11.3. The molecule has 0 saturated carbocycles. The molecule has 1 unspecified atom stereocenters. The van der Waals surface area contributed by atoms with Crippen LogP contribution in [0.1, 0.15) is 35.9 Å². The maximum Gasteiger partial charge on any atom is 0.269 e. The van der Waals surface area contributed by atoms with Crippen molar-refractivity contribution in [1.82, 2.24) is 19.9 Å². The lowest BCUT2D eigenvalue weighted by Gasteiger charge is -2.32. The van der Waals surface area contributed by atoms with Crippen LogP contribution in [0.2, 0.25) is 0 Å². The van der Waals surface area contributed by atoms with E-state index in [-0.39, 0.29) is 11.9 Å². The SMILES string of the molecule is CCn1c(C(=O)NCc2nc3ccccc3c3ccccc23)cnc1N1CCCC(N)C1. The molecule has 0 spiro atoms. The molecule has 0 aliphatic carbocycles. The number of hydrogen-bond donors (Lipinski definition) is 2. The lowest BCUT2D eigenvalue weighted by molar-refractivity contribution is 0.0941. The van der Waals surface area contributed by atoms with Crippen LogP contribution in [0.15, 0.2) is 54.7 Å². The molecular formula is C25H28N6O. The molecule has 3 heterocycles. The summed E-state index contributed by atoms with van der Waals surface area (Å²) in [6.45, 7) is 4.73. The van der Waals surface area contributed by atoms with Crippen molar-refractivity contribution in [1.29, 1.82) is 0 Å². The molecular weight excluding hydrogens is 400 g/mol. The molecule has 3 N–H and O–H groups in total. The zero-order valence-corrected chi connectivity index (χ0v) is 18.3. The number of hydrogen-bond acceptors (Lipinski definition) is 5. The van der Waals surface area contributed by atoms with E-state index in [9.17, 15) is 4.79 Å². The molecule has 1 amide bonds. The third-order valence-electron chi connectivity index (χ3n) is 6.23. The van der Waals surface area contributed by atoms with Crippen molar-refractivity contribution in [3.05, 3.63) is 66.1 Å². The molecule has 32 heavy (non-hydrogen) atoms. The molecule has 4 aromatic rings. The van der Waals surface area contributed by atoms with E-state index in [2.05, 4.69) is 33.4 Å². The second-order valence-electron chi connectivity index (χ2n) is 8.34. The fourth-order valence-electron chi connectivity index (χ4n) is 4.67. The standard InChI is InChI=1S/C25H28N6O/c1-2-31-23(15-28-25(31)30-13-7-8-17(26)16-30)24(32)27-14-22-20-11-4-3-9-18(20)19-10-5-6-12-21(19)29-22/h3-6,9-12,15,17H,2,7-8,13-14,16,26H2,1H3,(H,27,32).